The van der Waals surface area contributed by atoms with Gasteiger partial charge < -0.3 is 39.9 Å². The van der Waals surface area contributed by atoms with Gasteiger partial charge in [0.1, 0.15) is 23.7 Å². The second-order valence-electron chi connectivity index (χ2n) is 19.4. The first-order valence-corrected chi connectivity index (χ1v) is 22.6. The zero-order valence-corrected chi connectivity index (χ0v) is 37.3. The van der Waals surface area contributed by atoms with Gasteiger partial charge >= 0.3 is 12.2 Å². The number of carbonyl (C=O) groups excluding carboxylic acids is 4. The average Bonchev–Trinajstić information content (AvgIpc) is 3.95. The number of methoxy groups -OCH3 is 2. The van der Waals surface area contributed by atoms with Crippen LogP contribution in [-0.4, -0.2) is 92.6 Å². The molecule has 0 radical (unpaired) electrons. The van der Waals surface area contributed by atoms with Gasteiger partial charge in [-0.25, -0.2) is 19.6 Å². The Morgan fingerprint density at radius 1 is 0.785 bits per heavy atom. The largest absolute Gasteiger partial charge is 0.453 e. The molecule has 2 saturated heterocycles. The third-order valence-corrected chi connectivity index (χ3v) is 14.7. The lowest BCUT2D eigenvalue weighted by Gasteiger charge is -2.37. The van der Waals surface area contributed by atoms with Crippen molar-refractivity contribution >= 4 is 35.0 Å². The van der Waals surface area contributed by atoms with E-state index in [1.165, 1.54) is 20.3 Å². The molecule has 4 fully saturated rings. The van der Waals surface area contributed by atoms with Crippen LogP contribution in [-0.2, 0) is 25.0 Å². The van der Waals surface area contributed by atoms with Gasteiger partial charge in [0.05, 0.1) is 49.2 Å². The van der Waals surface area contributed by atoms with Gasteiger partial charge in [0.25, 0.3) is 5.92 Å². The molecule has 6 atom stereocenters. The highest BCUT2D eigenvalue weighted by atomic mass is 19.3. The van der Waals surface area contributed by atoms with Crippen LogP contribution in [0.2, 0.25) is 0 Å². The summed E-state index contributed by atoms with van der Waals surface area (Å²) >= 11 is 0. The van der Waals surface area contributed by atoms with Crippen LogP contribution in [0.5, 0.6) is 0 Å². The number of hydrogen-bond donors (Lipinski definition) is 4. The van der Waals surface area contributed by atoms with Crippen molar-refractivity contribution in [3.05, 3.63) is 83.6 Å². The van der Waals surface area contributed by atoms with Gasteiger partial charge in [-0.2, -0.15) is 8.78 Å². The first-order chi connectivity index (χ1) is 31.1. The van der Waals surface area contributed by atoms with Crippen LogP contribution in [0.1, 0.15) is 101 Å². The molecule has 3 aromatic carbocycles. The smallest absolute Gasteiger partial charge is 0.407 e. The van der Waals surface area contributed by atoms with Gasteiger partial charge in [-0.1, -0.05) is 58.0 Å². The van der Waals surface area contributed by atoms with Gasteiger partial charge in [0.2, 0.25) is 11.8 Å². The van der Waals surface area contributed by atoms with E-state index in [1.807, 2.05) is 62.9 Å². The quantitative estimate of drug-likeness (QED) is 0.108. The maximum Gasteiger partial charge on any atom is 0.407 e. The summed E-state index contributed by atoms with van der Waals surface area (Å²) in [6.07, 6.45) is 5.75. The lowest BCUT2D eigenvalue weighted by Crippen LogP contribution is -2.54. The van der Waals surface area contributed by atoms with E-state index in [-0.39, 0.29) is 64.2 Å². The van der Waals surface area contributed by atoms with Gasteiger partial charge in [0.15, 0.2) is 0 Å². The molecule has 4 heterocycles. The zero-order chi connectivity index (χ0) is 45.7. The SMILES string of the molecule is COC(=O)N[C@@H](C(=O)N1CC2(CC2)C[C@H]1c1ncc(-c2ccc3c(c2)C(F)(F)c2cc(-c4ccc5nc([C@@H]6[C@@H]7CC[C@H](C7)N6C(=O)[C@H](NC(=O)OC)C(C)C)[nH]c5c4)ccc2-3)[nH]1)C(C)C. The first-order valence-electron chi connectivity index (χ1n) is 22.6. The number of hydrogen-bond acceptors (Lipinski definition) is 8. The summed E-state index contributed by atoms with van der Waals surface area (Å²) in [4.78, 5) is 72.6. The van der Waals surface area contributed by atoms with Crippen molar-refractivity contribution < 1.29 is 37.4 Å². The molecule has 340 valence electrons. The minimum Gasteiger partial charge on any atom is -0.453 e. The van der Waals surface area contributed by atoms with E-state index in [2.05, 4.69) is 20.6 Å². The number of amides is 4. The van der Waals surface area contributed by atoms with Crippen LogP contribution >= 0.6 is 0 Å². The van der Waals surface area contributed by atoms with E-state index in [0.717, 1.165) is 49.6 Å². The molecule has 4 amide bonds. The fraction of sp³-hybridized carbons (Fsp3) is 0.469. The van der Waals surface area contributed by atoms with Crippen molar-refractivity contribution in [2.45, 2.75) is 102 Å². The van der Waals surface area contributed by atoms with Crippen LogP contribution in [0.15, 0.2) is 60.8 Å². The third kappa shape index (κ3) is 7.19. The van der Waals surface area contributed by atoms with Crippen molar-refractivity contribution in [1.82, 2.24) is 40.4 Å². The predicted molar refractivity (Wildman–Crippen MR) is 237 cm³/mol. The van der Waals surface area contributed by atoms with Crippen molar-refractivity contribution in [2.75, 3.05) is 20.8 Å². The summed E-state index contributed by atoms with van der Waals surface area (Å²) in [6, 6.07) is 13.8. The molecule has 65 heavy (non-hydrogen) atoms. The molecule has 4 N–H and O–H groups in total. The Balaban J connectivity index is 0.896. The predicted octanol–water partition coefficient (Wildman–Crippen LogP) is 8.61. The second kappa shape index (κ2) is 15.7. The molecular weight excluding hydrogens is 835 g/mol. The van der Waals surface area contributed by atoms with Crippen LogP contribution < -0.4 is 10.6 Å². The van der Waals surface area contributed by atoms with Gasteiger partial charge in [-0.3, -0.25) is 9.59 Å². The van der Waals surface area contributed by atoms with Crippen molar-refractivity contribution in [2.24, 2.45) is 23.2 Å². The minimum absolute atomic E-state index is 0.0102. The Labute approximate surface area is 375 Å². The number of H-pyrrole nitrogens is 2. The number of carbonyl (C=O) groups is 4. The van der Waals surface area contributed by atoms with Crippen LogP contribution in [0.3, 0.4) is 0 Å². The van der Waals surface area contributed by atoms with Crippen LogP contribution in [0, 0.1) is 23.2 Å². The fourth-order valence-electron chi connectivity index (χ4n) is 11.0. The normalized spacial score (nSPS) is 22.9. The molecule has 2 bridgehead atoms. The Bertz CT molecular complexity index is 2740. The Hall–Kier alpha value is -6.32. The summed E-state index contributed by atoms with van der Waals surface area (Å²) in [5, 5.41) is 5.43. The number of halogens is 2. The molecule has 10 rings (SSSR count). The maximum atomic E-state index is 16.7. The highest BCUT2D eigenvalue weighted by Crippen LogP contribution is 2.59. The van der Waals surface area contributed by atoms with Gasteiger partial charge in [-0.05, 0) is 108 Å². The second-order valence-corrected chi connectivity index (χ2v) is 19.4. The molecule has 1 spiro atoms. The highest BCUT2D eigenvalue weighted by Gasteiger charge is 2.56. The summed E-state index contributed by atoms with van der Waals surface area (Å²) in [7, 11) is 2.54. The van der Waals surface area contributed by atoms with Crippen LogP contribution in [0.25, 0.3) is 44.5 Å². The number of benzene rings is 3. The van der Waals surface area contributed by atoms with E-state index in [9.17, 15) is 19.2 Å². The molecule has 5 aliphatic rings. The number of alkyl carbamates (subject to hydrolysis) is 2. The van der Waals surface area contributed by atoms with Gasteiger partial charge in [0, 0.05) is 29.3 Å². The monoisotopic (exact) mass is 888 g/mol. The molecule has 0 unspecified atom stereocenters. The number of rotatable bonds is 10. The summed E-state index contributed by atoms with van der Waals surface area (Å²) in [5.74, 6) is -2.53. The molecule has 5 aromatic rings. The third-order valence-electron chi connectivity index (χ3n) is 14.7. The Morgan fingerprint density at radius 3 is 2.05 bits per heavy atom. The van der Waals surface area contributed by atoms with Crippen molar-refractivity contribution in [3.63, 3.8) is 0 Å². The molecule has 2 aromatic heterocycles. The van der Waals surface area contributed by atoms with Crippen molar-refractivity contribution in [1.29, 1.82) is 0 Å². The standard InChI is InChI=1S/C49H54F2N8O6/c1-24(2)39(56-46(62)64-5)44(60)58-23-48(15-16-48)21-38(58)42-52-22-37(55-42)28-9-13-32-31-12-8-26(18-33(31)49(50,51)34(32)19-28)27-10-14-35-36(20-27)54-43(53-35)41-29-7-11-30(17-29)59(41)45(61)40(25(3)4)57-47(63)65-6/h8-10,12-14,18-20,22,24-25,29-30,38-41H,7,11,15-17,21,23H2,1-6H3,(H,52,55)(H,53,54)(H,56,62)(H,57,63)/t29-,30-,38+,39-,40-,41+/m1/s1. The molecule has 3 aliphatic carbocycles. The number of fused-ring (bicyclic) bond motifs is 6. The summed E-state index contributed by atoms with van der Waals surface area (Å²) in [5.41, 5.74) is 4.68. The number of alkyl halides is 2. The number of likely N-dealkylation sites (tertiary alicyclic amines) is 2. The lowest BCUT2D eigenvalue weighted by atomic mass is 9.95. The molecule has 16 heteroatoms. The number of nitrogens with one attached hydrogen (secondary N) is 4. The topological polar surface area (TPSA) is 175 Å². The fourth-order valence-corrected chi connectivity index (χ4v) is 11.0. The highest BCUT2D eigenvalue weighted by molar-refractivity contribution is 5.89. The Morgan fingerprint density at radius 2 is 1.40 bits per heavy atom. The van der Waals surface area contributed by atoms with Crippen LogP contribution in [0.4, 0.5) is 18.4 Å². The summed E-state index contributed by atoms with van der Waals surface area (Å²) < 4.78 is 43.0. The minimum atomic E-state index is -3.29. The van der Waals surface area contributed by atoms with E-state index in [0.29, 0.717) is 51.7 Å². The van der Waals surface area contributed by atoms with E-state index in [1.54, 1.807) is 29.3 Å². The lowest BCUT2D eigenvalue weighted by molar-refractivity contribution is -0.139. The van der Waals surface area contributed by atoms with E-state index < -0.39 is 30.2 Å². The zero-order valence-electron chi connectivity index (χ0n) is 37.3. The molecule has 2 aliphatic heterocycles. The molecular formula is C49H54F2N8O6. The average molecular weight is 889 g/mol. The molecule has 2 saturated carbocycles. The van der Waals surface area contributed by atoms with Gasteiger partial charge in [-0.15, -0.1) is 0 Å². The number of nitrogens with zero attached hydrogens (tertiary/aromatic N) is 4. The summed E-state index contributed by atoms with van der Waals surface area (Å²) in [6.45, 7) is 8.09. The molecule has 14 nitrogen and oxygen atoms in total. The number of piperidine rings is 1. The number of aromatic nitrogens is 4. The van der Waals surface area contributed by atoms with E-state index in [4.69, 9.17) is 19.4 Å². The Kier molecular flexibility index (Phi) is 10.3. The first kappa shape index (κ1) is 42.6. The number of ether oxygens (including phenoxy) is 2. The number of imidazole rings is 2. The van der Waals surface area contributed by atoms with Crippen molar-refractivity contribution in [3.8, 4) is 33.5 Å². The maximum absolute atomic E-state index is 16.7. The van der Waals surface area contributed by atoms with E-state index >= 15 is 8.78 Å². The number of aromatic amines is 2.